The topological polar surface area (TPSA) is 103 Å². The number of pyridine rings is 1. The first-order valence-corrected chi connectivity index (χ1v) is 6.08. The second-order valence-electron chi connectivity index (χ2n) is 4.15. The molecule has 0 fully saturated rings. The molecule has 1 heterocycles. The number of aryl methyl sites for hydroxylation is 1. The lowest BCUT2D eigenvalue weighted by Gasteiger charge is -2.07. The van der Waals surface area contributed by atoms with E-state index in [-0.39, 0.29) is 28.0 Å². The Balaban J connectivity index is 2.43. The van der Waals surface area contributed by atoms with Gasteiger partial charge in [-0.15, -0.1) is 0 Å². The number of rotatable bonds is 4. The van der Waals surface area contributed by atoms with E-state index in [9.17, 15) is 14.9 Å². The van der Waals surface area contributed by atoms with E-state index in [1.807, 2.05) is 0 Å². The standard InChI is InChI=1S/C13H9ClN2O5/c1-7-2-3-10(9(4-7)16(19)20)21-12-6-8(13(17)18)5-11(14)15-12/h2-6H,1H3,(H,17,18). The maximum absolute atomic E-state index is 11.0. The Morgan fingerprint density at radius 2 is 2.10 bits per heavy atom. The first kappa shape index (κ1) is 14.7. The van der Waals surface area contributed by atoms with Crippen LogP contribution in [0.3, 0.4) is 0 Å². The summed E-state index contributed by atoms with van der Waals surface area (Å²) in [6, 6.07) is 6.68. The zero-order valence-corrected chi connectivity index (χ0v) is 11.5. The van der Waals surface area contributed by atoms with Crippen LogP contribution in [0.25, 0.3) is 0 Å². The summed E-state index contributed by atoms with van der Waals surface area (Å²) >= 11 is 5.70. The maximum atomic E-state index is 11.0. The first-order chi connectivity index (χ1) is 9.86. The molecule has 1 aromatic heterocycles. The average Bonchev–Trinajstić information content (AvgIpc) is 2.40. The number of aromatic nitrogens is 1. The summed E-state index contributed by atoms with van der Waals surface area (Å²) in [6.07, 6.45) is 0. The van der Waals surface area contributed by atoms with Crippen molar-refractivity contribution in [2.45, 2.75) is 6.92 Å². The summed E-state index contributed by atoms with van der Waals surface area (Å²) in [4.78, 5) is 25.1. The molecular formula is C13H9ClN2O5. The van der Waals surface area contributed by atoms with Crippen molar-refractivity contribution in [3.63, 3.8) is 0 Å². The number of carboxylic acid groups (broad SMARTS) is 1. The predicted octanol–water partition coefficient (Wildman–Crippen LogP) is 3.44. The van der Waals surface area contributed by atoms with E-state index in [1.165, 1.54) is 12.1 Å². The molecule has 0 saturated carbocycles. The fourth-order valence-electron chi connectivity index (χ4n) is 1.62. The Labute approximate surface area is 123 Å². The number of halogens is 1. The molecule has 0 radical (unpaired) electrons. The second kappa shape index (κ2) is 5.76. The molecule has 1 aromatic carbocycles. The molecule has 108 valence electrons. The summed E-state index contributed by atoms with van der Waals surface area (Å²) in [5.41, 5.74) is 0.327. The molecule has 0 bridgehead atoms. The van der Waals surface area contributed by atoms with Gasteiger partial charge in [-0.1, -0.05) is 17.7 Å². The van der Waals surface area contributed by atoms with Crippen molar-refractivity contribution in [1.82, 2.24) is 4.98 Å². The highest BCUT2D eigenvalue weighted by Gasteiger charge is 2.17. The number of carbonyl (C=O) groups is 1. The molecule has 21 heavy (non-hydrogen) atoms. The minimum atomic E-state index is -1.21. The van der Waals surface area contributed by atoms with Gasteiger partial charge in [-0.3, -0.25) is 10.1 Å². The van der Waals surface area contributed by atoms with E-state index in [0.717, 1.165) is 12.1 Å². The Morgan fingerprint density at radius 1 is 1.38 bits per heavy atom. The summed E-state index contributed by atoms with van der Waals surface area (Å²) < 4.78 is 5.30. The van der Waals surface area contributed by atoms with Crippen LogP contribution < -0.4 is 4.74 Å². The molecule has 0 atom stereocenters. The van der Waals surface area contributed by atoms with Gasteiger partial charge in [-0.25, -0.2) is 9.78 Å². The largest absolute Gasteiger partial charge is 0.478 e. The molecule has 0 aliphatic carbocycles. The molecule has 1 N–H and O–H groups in total. The summed E-state index contributed by atoms with van der Waals surface area (Å²) in [7, 11) is 0. The predicted molar refractivity (Wildman–Crippen MR) is 74.1 cm³/mol. The van der Waals surface area contributed by atoms with Crippen LogP contribution in [0.1, 0.15) is 15.9 Å². The van der Waals surface area contributed by atoms with Gasteiger partial charge in [0.2, 0.25) is 11.6 Å². The third-order valence-corrected chi connectivity index (χ3v) is 2.74. The number of nitro benzene ring substituents is 1. The molecule has 0 saturated heterocycles. The Bertz CT molecular complexity index is 732. The first-order valence-electron chi connectivity index (χ1n) is 5.70. The number of hydrogen-bond acceptors (Lipinski definition) is 5. The quantitative estimate of drug-likeness (QED) is 0.527. The van der Waals surface area contributed by atoms with Crippen molar-refractivity contribution in [1.29, 1.82) is 0 Å². The highest BCUT2D eigenvalue weighted by molar-refractivity contribution is 6.29. The second-order valence-corrected chi connectivity index (χ2v) is 4.54. The van der Waals surface area contributed by atoms with E-state index in [0.29, 0.717) is 5.56 Å². The highest BCUT2D eigenvalue weighted by atomic mass is 35.5. The van der Waals surface area contributed by atoms with Crippen LogP contribution in [-0.4, -0.2) is 21.0 Å². The number of nitrogens with zero attached hydrogens (tertiary/aromatic N) is 2. The Morgan fingerprint density at radius 3 is 2.71 bits per heavy atom. The van der Waals surface area contributed by atoms with Crippen LogP contribution in [0.4, 0.5) is 5.69 Å². The number of benzene rings is 1. The monoisotopic (exact) mass is 308 g/mol. The molecular weight excluding hydrogens is 300 g/mol. The van der Waals surface area contributed by atoms with E-state index in [4.69, 9.17) is 21.4 Å². The van der Waals surface area contributed by atoms with Crippen molar-refractivity contribution >= 4 is 23.3 Å². The summed E-state index contributed by atoms with van der Waals surface area (Å²) in [6.45, 7) is 1.71. The fraction of sp³-hybridized carbons (Fsp3) is 0.0769. The molecule has 0 aliphatic heterocycles. The van der Waals surface area contributed by atoms with E-state index in [2.05, 4.69) is 4.98 Å². The number of hydrogen-bond donors (Lipinski definition) is 1. The Hall–Kier alpha value is -2.67. The molecule has 0 spiro atoms. The van der Waals surface area contributed by atoms with Gasteiger partial charge in [0, 0.05) is 12.1 Å². The third-order valence-electron chi connectivity index (χ3n) is 2.54. The maximum Gasteiger partial charge on any atom is 0.335 e. The lowest BCUT2D eigenvalue weighted by Crippen LogP contribution is -2.00. The van der Waals surface area contributed by atoms with Gasteiger partial charge < -0.3 is 9.84 Å². The van der Waals surface area contributed by atoms with Crippen molar-refractivity contribution in [2.24, 2.45) is 0 Å². The van der Waals surface area contributed by atoms with Gasteiger partial charge in [0.05, 0.1) is 10.5 Å². The van der Waals surface area contributed by atoms with Crippen molar-refractivity contribution < 1.29 is 19.6 Å². The zero-order chi connectivity index (χ0) is 15.6. The van der Waals surface area contributed by atoms with Crippen LogP contribution in [0.15, 0.2) is 30.3 Å². The van der Waals surface area contributed by atoms with Crippen LogP contribution in [0.2, 0.25) is 5.15 Å². The van der Waals surface area contributed by atoms with Crippen LogP contribution in [0.5, 0.6) is 11.6 Å². The summed E-state index contributed by atoms with van der Waals surface area (Å²) in [5.74, 6) is -1.38. The number of ether oxygens (including phenoxy) is 1. The van der Waals surface area contributed by atoms with Gasteiger partial charge >= 0.3 is 11.7 Å². The van der Waals surface area contributed by atoms with Gasteiger partial charge in [-0.05, 0) is 24.6 Å². The third kappa shape index (κ3) is 3.46. The number of carboxylic acids is 1. The molecule has 7 nitrogen and oxygen atoms in total. The molecule has 8 heteroatoms. The van der Waals surface area contributed by atoms with E-state index < -0.39 is 10.9 Å². The van der Waals surface area contributed by atoms with E-state index >= 15 is 0 Å². The van der Waals surface area contributed by atoms with Crippen molar-refractivity contribution in [3.05, 3.63) is 56.7 Å². The lowest BCUT2D eigenvalue weighted by atomic mass is 10.2. The lowest BCUT2D eigenvalue weighted by molar-refractivity contribution is -0.385. The fourth-order valence-corrected chi connectivity index (χ4v) is 1.82. The van der Waals surface area contributed by atoms with Crippen LogP contribution >= 0.6 is 11.6 Å². The van der Waals surface area contributed by atoms with Gasteiger partial charge in [0.15, 0.2) is 0 Å². The molecule has 0 unspecified atom stereocenters. The number of nitro groups is 1. The van der Waals surface area contributed by atoms with Crippen molar-refractivity contribution in [2.75, 3.05) is 0 Å². The van der Waals surface area contributed by atoms with Crippen molar-refractivity contribution in [3.8, 4) is 11.6 Å². The smallest absolute Gasteiger partial charge is 0.335 e. The average molecular weight is 309 g/mol. The normalized spacial score (nSPS) is 10.2. The zero-order valence-electron chi connectivity index (χ0n) is 10.7. The van der Waals surface area contributed by atoms with Gasteiger partial charge in [0.25, 0.3) is 0 Å². The SMILES string of the molecule is Cc1ccc(Oc2cc(C(=O)O)cc(Cl)n2)c([N+](=O)[O-])c1. The van der Waals surface area contributed by atoms with Crippen LogP contribution in [-0.2, 0) is 0 Å². The Kier molecular flexibility index (Phi) is 4.04. The van der Waals surface area contributed by atoms with Crippen LogP contribution in [0, 0.1) is 17.0 Å². The van der Waals surface area contributed by atoms with Gasteiger partial charge in [0.1, 0.15) is 5.15 Å². The molecule has 0 amide bonds. The minimum Gasteiger partial charge on any atom is -0.478 e. The molecule has 0 aliphatic rings. The van der Waals surface area contributed by atoms with E-state index in [1.54, 1.807) is 13.0 Å². The molecule has 2 aromatic rings. The number of aromatic carboxylic acids is 1. The summed E-state index contributed by atoms with van der Waals surface area (Å²) in [5, 5.41) is 19.8. The highest BCUT2D eigenvalue weighted by Crippen LogP contribution is 2.32. The minimum absolute atomic E-state index is 0.0447. The molecule has 2 rings (SSSR count). The van der Waals surface area contributed by atoms with Gasteiger partial charge in [-0.2, -0.15) is 0 Å².